The summed E-state index contributed by atoms with van der Waals surface area (Å²) in [6, 6.07) is 0.0471. The summed E-state index contributed by atoms with van der Waals surface area (Å²) in [5.41, 5.74) is -0.591. The van der Waals surface area contributed by atoms with Gasteiger partial charge in [0.2, 0.25) is 0 Å². The van der Waals surface area contributed by atoms with Gasteiger partial charge in [-0.25, -0.2) is 13.2 Å². The van der Waals surface area contributed by atoms with E-state index in [1.807, 2.05) is 0 Å². The first kappa shape index (κ1) is 11.7. The molecule has 1 aliphatic heterocycles. The summed E-state index contributed by atoms with van der Waals surface area (Å²) < 4.78 is 22.7. The molecule has 1 aliphatic carbocycles. The number of rotatable bonds is 2. The topological polar surface area (TPSA) is 75.3 Å². The van der Waals surface area contributed by atoms with Gasteiger partial charge >= 0.3 is 6.03 Å². The Morgan fingerprint density at radius 1 is 1.38 bits per heavy atom. The van der Waals surface area contributed by atoms with Crippen molar-refractivity contribution in [2.75, 3.05) is 11.5 Å². The van der Waals surface area contributed by atoms with E-state index in [0.717, 1.165) is 19.3 Å². The van der Waals surface area contributed by atoms with Crippen molar-refractivity contribution in [3.63, 3.8) is 0 Å². The average Bonchev–Trinajstić information content (AvgIpc) is 2.33. The molecule has 16 heavy (non-hydrogen) atoms. The predicted molar refractivity (Wildman–Crippen MR) is 61.0 cm³/mol. The zero-order valence-electron chi connectivity index (χ0n) is 9.45. The SMILES string of the molecule is CC1(NC(=O)NC2CCC2)CCS(=O)(=O)C1. The number of hydrogen-bond acceptors (Lipinski definition) is 3. The fourth-order valence-corrected chi connectivity index (χ4v) is 4.25. The fraction of sp³-hybridized carbons (Fsp3) is 0.900. The Bertz CT molecular complexity index is 389. The molecule has 2 amide bonds. The van der Waals surface area contributed by atoms with E-state index in [4.69, 9.17) is 0 Å². The lowest BCUT2D eigenvalue weighted by atomic mass is 9.93. The molecule has 1 atom stereocenters. The molecule has 0 aromatic carbocycles. The van der Waals surface area contributed by atoms with Crippen LogP contribution in [0.1, 0.15) is 32.6 Å². The molecule has 1 unspecified atom stereocenters. The van der Waals surface area contributed by atoms with Crippen LogP contribution in [-0.2, 0) is 9.84 Å². The van der Waals surface area contributed by atoms with Gasteiger partial charge in [0.1, 0.15) is 0 Å². The Hall–Kier alpha value is -0.780. The van der Waals surface area contributed by atoms with Crippen LogP contribution in [0.15, 0.2) is 0 Å². The monoisotopic (exact) mass is 246 g/mol. The number of urea groups is 1. The Balaban J connectivity index is 1.86. The molecule has 6 heteroatoms. The van der Waals surface area contributed by atoms with Crippen LogP contribution < -0.4 is 10.6 Å². The zero-order valence-corrected chi connectivity index (χ0v) is 10.3. The summed E-state index contributed by atoms with van der Waals surface area (Å²) in [4.78, 5) is 11.6. The van der Waals surface area contributed by atoms with Gasteiger partial charge in [0, 0.05) is 6.04 Å². The molecule has 2 N–H and O–H groups in total. The third-order valence-corrected chi connectivity index (χ3v) is 5.26. The summed E-state index contributed by atoms with van der Waals surface area (Å²) in [5.74, 6) is 0.227. The molecule has 92 valence electrons. The molecule has 1 heterocycles. The van der Waals surface area contributed by atoms with Gasteiger partial charge < -0.3 is 10.6 Å². The molecule has 2 aliphatic rings. The summed E-state index contributed by atoms with van der Waals surface area (Å²) >= 11 is 0. The van der Waals surface area contributed by atoms with E-state index in [1.165, 1.54) is 0 Å². The Morgan fingerprint density at radius 2 is 2.06 bits per heavy atom. The third kappa shape index (κ3) is 2.66. The fourth-order valence-electron chi connectivity index (χ4n) is 2.16. The maximum Gasteiger partial charge on any atom is 0.315 e. The summed E-state index contributed by atoms with van der Waals surface area (Å²) in [6.07, 6.45) is 3.73. The van der Waals surface area contributed by atoms with Crippen LogP contribution in [0.5, 0.6) is 0 Å². The molecule has 0 radical (unpaired) electrons. The van der Waals surface area contributed by atoms with Crippen molar-refractivity contribution in [3.05, 3.63) is 0 Å². The summed E-state index contributed by atoms with van der Waals surface area (Å²) in [7, 11) is -2.96. The second-order valence-electron chi connectivity index (χ2n) is 5.13. The largest absolute Gasteiger partial charge is 0.335 e. The molecule has 0 spiro atoms. The lowest BCUT2D eigenvalue weighted by molar-refractivity contribution is 0.218. The molecule has 2 fully saturated rings. The van der Waals surface area contributed by atoms with Gasteiger partial charge in [-0.3, -0.25) is 0 Å². The van der Waals surface area contributed by atoms with E-state index in [0.29, 0.717) is 6.42 Å². The number of carbonyl (C=O) groups excluding carboxylic acids is 1. The highest BCUT2D eigenvalue weighted by atomic mass is 32.2. The Labute approximate surface area is 95.9 Å². The van der Waals surface area contributed by atoms with E-state index in [1.54, 1.807) is 6.92 Å². The highest BCUT2D eigenvalue weighted by Crippen LogP contribution is 2.23. The minimum atomic E-state index is -2.96. The Kier molecular flexibility index (Phi) is 2.86. The molecule has 2 rings (SSSR count). The van der Waals surface area contributed by atoms with Crippen LogP contribution >= 0.6 is 0 Å². The first-order chi connectivity index (χ1) is 7.39. The van der Waals surface area contributed by atoms with Gasteiger partial charge in [-0.15, -0.1) is 0 Å². The van der Waals surface area contributed by atoms with E-state index in [-0.39, 0.29) is 23.6 Å². The molecular formula is C10H18N2O3S. The van der Waals surface area contributed by atoms with Gasteiger partial charge in [-0.1, -0.05) is 0 Å². The molecular weight excluding hydrogens is 228 g/mol. The van der Waals surface area contributed by atoms with Crippen molar-refractivity contribution in [2.24, 2.45) is 0 Å². The molecule has 1 saturated heterocycles. The first-order valence-electron chi connectivity index (χ1n) is 5.68. The minimum absolute atomic E-state index is 0.0537. The molecule has 1 saturated carbocycles. The van der Waals surface area contributed by atoms with Crippen LogP contribution in [0.4, 0.5) is 4.79 Å². The molecule has 0 aromatic heterocycles. The smallest absolute Gasteiger partial charge is 0.315 e. The van der Waals surface area contributed by atoms with Gasteiger partial charge in [-0.2, -0.15) is 0 Å². The van der Waals surface area contributed by atoms with Gasteiger partial charge in [0.05, 0.1) is 17.0 Å². The van der Waals surface area contributed by atoms with Crippen LogP contribution in [-0.4, -0.2) is 37.5 Å². The van der Waals surface area contributed by atoms with E-state index < -0.39 is 15.4 Å². The number of amides is 2. The van der Waals surface area contributed by atoms with Crippen molar-refractivity contribution >= 4 is 15.9 Å². The van der Waals surface area contributed by atoms with Crippen molar-refractivity contribution in [1.29, 1.82) is 0 Å². The van der Waals surface area contributed by atoms with Crippen molar-refractivity contribution in [1.82, 2.24) is 10.6 Å². The van der Waals surface area contributed by atoms with Crippen molar-refractivity contribution in [3.8, 4) is 0 Å². The van der Waals surface area contributed by atoms with Crippen molar-refractivity contribution in [2.45, 2.75) is 44.2 Å². The lowest BCUT2D eigenvalue weighted by Gasteiger charge is -2.30. The van der Waals surface area contributed by atoms with Crippen LogP contribution in [0, 0.1) is 0 Å². The van der Waals surface area contributed by atoms with Crippen LogP contribution in [0.25, 0.3) is 0 Å². The predicted octanol–water partition coefficient (Wildman–Crippen LogP) is 0.415. The summed E-state index contributed by atoms with van der Waals surface area (Å²) in [5, 5.41) is 5.63. The Morgan fingerprint density at radius 3 is 2.50 bits per heavy atom. The van der Waals surface area contributed by atoms with Gasteiger partial charge in [0.25, 0.3) is 0 Å². The van der Waals surface area contributed by atoms with E-state index >= 15 is 0 Å². The maximum atomic E-state index is 11.6. The number of hydrogen-bond donors (Lipinski definition) is 2. The van der Waals surface area contributed by atoms with Crippen molar-refractivity contribution < 1.29 is 13.2 Å². The second-order valence-corrected chi connectivity index (χ2v) is 7.31. The van der Waals surface area contributed by atoms with Gasteiger partial charge in [-0.05, 0) is 32.6 Å². The van der Waals surface area contributed by atoms with Gasteiger partial charge in [0.15, 0.2) is 9.84 Å². The number of carbonyl (C=O) groups is 1. The molecule has 5 nitrogen and oxygen atoms in total. The highest BCUT2D eigenvalue weighted by molar-refractivity contribution is 7.91. The average molecular weight is 246 g/mol. The maximum absolute atomic E-state index is 11.6. The third-order valence-electron chi connectivity index (χ3n) is 3.36. The van der Waals surface area contributed by atoms with E-state index in [2.05, 4.69) is 10.6 Å². The quantitative estimate of drug-likeness (QED) is 0.741. The van der Waals surface area contributed by atoms with E-state index in [9.17, 15) is 13.2 Å². The van der Waals surface area contributed by atoms with Crippen LogP contribution in [0.3, 0.4) is 0 Å². The lowest BCUT2D eigenvalue weighted by Crippen LogP contribution is -2.54. The number of nitrogens with one attached hydrogen (secondary N) is 2. The highest BCUT2D eigenvalue weighted by Gasteiger charge is 2.39. The normalized spacial score (nSPS) is 33.1. The second kappa shape index (κ2) is 3.91. The molecule has 0 bridgehead atoms. The zero-order chi connectivity index (χ0) is 11.8. The summed E-state index contributed by atoms with van der Waals surface area (Å²) in [6.45, 7) is 1.79. The minimum Gasteiger partial charge on any atom is -0.335 e. The number of sulfone groups is 1. The molecule has 0 aromatic rings. The van der Waals surface area contributed by atoms with Crippen LogP contribution in [0.2, 0.25) is 0 Å². The standard InChI is InChI=1S/C10H18N2O3S/c1-10(5-6-16(14,15)7-10)12-9(13)11-8-3-2-4-8/h8H,2-7H2,1H3,(H2,11,12,13). The first-order valence-corrected chi connectivity index (χ1v) is 7.50.